The minimum Gasteiger partial charge on any atom is -0.467 e. The van der Waals surface area contributed by atoms with E-state index in [1.165, 1.54) is 23.8 Å². The molecule has 1 aromatic carbocycles. The number of hydrogen-bond donors (Lipinski definition) is 1. The number of nitrogens with one attached hydrogen (secondary N) is 1. The van der Waals surface area contributed by atoms with Gasteiger partial charge in [0, 0.05) is 61.2 Å². The van der Waals surface area contributed by atoms with Crippen LogP contribution in [0.3, 0.4) is 0 Å². The molecule has 2 bridgehead atoms. The van der Waals surface area contributed by atoms with Crippen molar-refractivity contribution in [3.63, 3.8) is 0 Å². The van der Waals surface area contributed by atoms with Crippen LogP contribution < -0.4 is 15.6 Å². The van der Waals surface area contributed by atoms with E-state index in [2.05, 4.69) is 29.4 Å². The Kier molecular flexibility index (Phi) is 8.56. The van der Waals surface area contributed by atoms with Crippen LogP contribution in [0, 0.1) is 5.82 Å². The molecule has 0 saturated carbocycles. The quantitative estimate of drug-likeness (QED) is 0.338. The van der Waals surface area contributed by atoms with Crippen LogP contribution in [0.15, 0.2) is 47.4 Å². The molecule has 11 heteroatoms. The molecule has 1 amide bonds. The van der Waals surface area contributed by atoms with Crippen molar-refractivity contribution < 1.29 is 23.4 Å². The van der Waals surface area contributed by atoms with Gasteiger partial charge in [-0.2, -0.15) is 10.2 Å². The van der Waals surface area contributed by atoms with Gasteiger partial charge >= 0.3 is 6.09 Å². The fourth-order valence-electron chi connectivity index (χ4n) is 6.61. The van der Waals surface area contributed by atoms with Crippen LogP contribution in [-0.4, -0.2) is 62.4 Å². The van der Waals surface area contributed by atoms with Gasteiger partial charge in [-0.15, -0.1) is 0 Å². The van der Waals surface area contributed by atoms with E-state index >= 15 is 4.39 Å². The fourth-order valence-corrected chi connectivity index (χ4v) is 6.61. The Balaban J connectivity index is 1.30. The summed E-state index contributed by atoms with van der Waals surface area (Å²) in [5, 5.41) is 12.4. The standard InChI is InChI=1S/C33H42FN5O5/c1-31(2,3)44-30(41)39-32(4)11-12-33(39,5)18-23(17-32)35-19-22-8-9-27(37-36-22)25-15-26(34)24(16-28(25)43-20-42-7)21-10-13-38(6)29(40)14-21/h8-10,13-16,23,35H,11-12,17-20H2,1-7H3. The van der Waals surface area contributed by atoms with Gasteiger partial charge in [-0.1, -0.05) is 0 Å². The highest BCUT2D eigenvalue weighted by Crippen LogP contribution is 2.51. The van der Waals surface area contributed by atoms with Crippen molar-refractivity contribution in [2.24, 2.45) is 7.05 Å². The summed E-state index contributed by atoms with van der Waals surface area (Å²) in [4.78, 5) is 27.3. The highest BCUT2D eigenvalue weighted by molar-refractivity contribution is 5.75. The van der Waals surface area contributed by atoms with Crippen molar-refractivity contribution in [3.05, 3.63) is 64.5 Å². The first-order valence-corrected chi connectivity index (χ1v) is 14.9. The van der Waals surface area contributed by atoms with Crippen LogP contribution in [0.2, 0.25) is 0 Å². The number of hydrogen-bond acceptors (Lipinski definition) is 8. The molecule has 236 valence electrons. The van der Waals surface area contributed by atoms with Gasteiger partial charge in [0.2, 0.25) is 0 Å². The summed E-state index contributed by atoms with van der Waals surface area (Å²) < 4.78 is 33.4. The number of benzene rings is 1. The maximum absolute atomic E-state index is 15.4. The lowest BCUT2D eigenvalue weighted by molar-refractivity contribution is -0.0384. The number of piperidine rings is 1. The monoisotopic (exact) mass is 607 g/mol. The van der Waals surface area contributed by atoms with Crippen LogP contribution in [0.5, 0.6) is 5.75 Å². The maximum atomic E-state index is 15.4. The molecule has 2 aliphatic heterocycles. The molecule has 0 spiro atoms. The first kappa shape index (κ1) is 31.6. The summed E-state index contributed by atoms with van der Waals surface area (Å²) in [6.45, 7) is 10.4. The van der Waals surface area contributed by atoms with E-state index in [0.29, 0.717) is 29.1 Å². The number of aromatic nitrogens is 3. The SMILES string of the molecule is COCOc1cc(-c2ccn(C)c(=O)c2)c(F)cc1-c1ccc(CNC2CC3(C)CCC(C)(C2)N3C(=O)OC(C)(C)C)nn1. The van der Waals surface area contributed by atoms with Gasteiger partial charge in [-0.3, -0.25) is 9.69 Å². The minimum atomic E-state index is -0.546. The molecule has 2 aromatic heterocycles. The maximum Gasteiger partial charge on any atom is 0.411 e. The second-order valence-corrected chi connectivity index (χ2v) is 13.4. The fraction of sp³-hybridized carbons (Fsp3) is 0.515. The number of amides is 1. The van der Waals surface area contributed by atoms with E-state index in [1.807, 2.05) is 31.7 Å². The van der Waals surface area contributed by atoms with Crippen molar-refractivity contribution in [2.45, 2.75) is 89.6 Å². The Bertz CT molecular complexity index is 1570. The van der Waals surface area contributed by atoms with Crippen molar-refractivity contribution in [1.29, 1.82) is 0 Å². The zero-order valence-electron chi connectivity index (χ0n) is 26.6. The molecule has 0 radical (unpaired) electrons. The number of halogens is 1. The molecule has 44 heavy (non-hydrogen) atoms. The number of pyridine rings is 1. The summed E-state index contributed by atoms with van der Waals surface area (Å²) in [7, 11) is 3.14. The van der Waals surface area contributed by atoms with Gasteiger partial charge in [0.05, 0.1) is 11.4 Å². The lowest BCUT2D eigenvalue weighted by Gasteiger charge is -2.51. The van der Waals surface area contributed by atoms with E-state index < -0.39 is 11.4 Å². The highest BCUT2D eigenvalue weighted by Gasteiger charge is 2.58. The summed E-state index contributed by atoms with van der Waals surface area (Å²) >= 11 is 0. The summed E-state index contributed by atoms with van der Waals surface area (Å²) in [5.74, 6) is -0.155. The molecule has 0 aliphatic carbocycles. The number of nitrogens with zero attached hydrogens (tertiary/aromatic N) is 4. The number of rotatable bonds is 8. The third-order valence-electron chi connectivity index (χ3n) is 8.61. The van der Waals surface area contributed by atoms with Gasteiger partial charge in [0.25, 0.3) is 5.56 Å². The van der Waals surface area contributed by atoms with Crippen molar-refractivity contribution >= 4 is 6.09 Å². The molecular weight excluding hydrogens is 565 g/mol. The number of ether oxygens (including phenoxy) is 3. The van der Waals surface area contributed by atoms with Gasteiger partial charge in [0.1, 0.15) is 17.2 Å². The number of carbonyl (C=O) groups is 1. The van der Waals surface area contributed by atoms with E-state index in [1.54, 1.807) is 31.4 Å². The average molecular weight is 608 g/mol. The van der Waals surface area contributed by atoms with Gasteiger partial charge in [-0.05, 0) is 96.2 Å². The second kappa shape index (κ2) is 11.9. The third kappa shape index (κ3) is 6.49. The topological polar surface area (TPSA) is 108 Å². The molecule has 5 rings (SSSR count). The van der Waals surface area contributed by atoms with E-state index in [4.69, 9.17) is 14.2 Å². The Morgan fingerprint density at radius 3 is 2.36 bits per heavy atom. The molecule has 2 atom stereocenters. The summed E-state index contributed by atoms with van der Waals surface area (Å²) in [6.07, 6.45) is 4.83. The minimum absolute atomic E-state index is 0.0470. The normalized spacial score (nSPS) is 23.1. The molecular formula is C33H42FN5O5. The molecule has 10 nitrogen and oxygen atoms in total. The van der Waals surface area contributed by atoms with Crippen molar-refractivity contribution in [1.82, 2.24) is 25.0 Å². The van der Waals surface area contributed by atoms with Gasteiger partial charge < -0.3 is 24.1 Å². The lowest BCUT2D eigenvalue weighted by atomic mass is 9.82. The average Bonchev–Trinajstić information content (AvgIpc) is 3.13. The molecule has 2 saturated heterocycles. The Morgan fingerprint density at radius 1 is 1.07 bits per heavy atom. The first-order chi connectivity index (χ1) is 20.7. The smallest absolute Gasteiger partial charge is 0.411 e. The predicted molar refractivity (Wildman–Crippen MR) is 165 cm³/mol. The largest absolute Gasteiger partial charge is 0.467 e. The Labute approximate surface area is 257 Å². The highest BCUT2D eigenvalue weighted by atomic mass is 19.1. The van der Waals surface area contributed by atoms with Crippen LogP contribution in [0.1, 0.15) is 66.0 Å². The number of fused-ring (bicyclic) bond motifs is 2. The van der Waals surface area contributed by atoms with Crippen LogP contribution >= 0.6 is 0 Å². The molecule has 2 aliphatic rings. The molecule has 4 heterocycles. The Morgan fingerprint density at radius 2 is 1.77 bits per heavy atom. The second-order valence-electron chi connectivity index (χ2n) is 13.4. The lowest BCUT2D eigenvalue weighted by Crippen LogP contribution is -2.63. The number of aryl methyl sites for hydroxylation is 1. The third-order valence-corrected chi connectivity index (χ3v) is 8.61. The predicted octanol–water partition coefficient (Wildman–Crippen LogP) is 5.43. The Hall–Kier alpha value is -3.83. The van der Waals surface area contributed by atoms with Gasteiger partial charge in [0.15, 0.2) is 6.79 Å². The summed E-state index contributed by atoms with van der Waals surface area (Å²) in [5.41, 5.74) is 0.918. The van der Waals surface area contributed by atoms with Crippen LogP contribution in [0.4, 0.5) is 9.18 Å². The van der Waals surface area contributed by atoms with Crippen molar-refractivity contribution in [3.8, 4) is 28.1 Å². The van der Waals surface area contributed by atoms with E-state index in [-0.39, 0.29) is 41.1 Å². The molecule has 1 N–H and O–H groups in total. The summed E-state index contributed by atoms with van der Waals surface area (Å²) in [6, 6.07) is 9.79. The van der Waals surface area contributed by atoms with Gasteiger partial charge in [-0.25, -0.2) is 9.18 Å². The van der Waals surface area contributed by atoms with Crippen molar-refractivity contribution in [2.75, 3.05) is 13.9 Å². The van der Waals surface area contributed by atoms with Crippen LogP contribution in [-0.2, 0) is 23.1 Å². The molecule has 3 aromatic rings. The van der Waals surface area contributed by atoms with E-state index in [9.17, 15) is 9.59 Å². The first-order valence-electron chi connectivity index (χ1n) is 14.9. The molecule has 2 unspecified atom stereocenters. The number of carbonyl (C=O) groups excluding carboxylic acids is 1. The zero-order chi connectivity index (χ0) is 31.9. The number of methoxy groups -OCH3 is 1. The zero-order valence-corrected chi connectivity index (χ0v) is 26.6. The van der Waals surface area contributed by atoms with Crippen LogP contribution in [0.25, 0.3) is 22.4 Å². The molecule has 2 fully saturated rings. The van der Waals surface area contributed by atoms with E-state index in [0.717, 1.165) is 31.4 Å².